The van der Waals surface area contributed by atoms with Crippen LogP contribution in [0, 0.1) is 11.3 Å². The Labute approximate surface area is 104 Å². The summed E-state index contributed by atoms with van der Waals surface area (Å²) in [5, 5.41) is 11.6. The van der Waals surface area contributed by atoms with E-state index >= 15 is 0 Å². The molecule has 0 aromatic rings. The summed E-state index contributed by atoms with van der Waals surface area (Å²) >= 11 is 0. The molecular formula is C13H25NO3. The van der Waals surface area contributed by atoms with E-state index in [1.54, 1.807) is 0 Å². The largest absolute Gasteiger partial charge is 0.480 e. The molecule has 17 heavy (non-hydrogen) atoms. The molecule has 1 amide bonds. The molecule has 0 aromatic carbocycles. The first-order chi connectivity index (χ1) is 7.61. The summed E-state index contributed by atoms with van der Waals surface area (Å²) in [6.45, 7) is 10.1. The molecule has 0 rings (SSSR count). The van der Waals surface area contributed by atoms with Gasteiger partial charge in [0, 0.05) is 6.42 Å². The fourth-order valence-corrected chi connectivity index (χ4v) is 1.45. The van der Waals surface area contributed by atoms with Crippen LogP contribution in [0.2, 0.25) is 0 Å². The molecular weight excluding hydrogens is 218 g/mol. The Morgan fingerprint density at radius 1 is 1.24 bits per heavy atom. The summed E-state index contributed by atoms with van der Waals surface area (Å²) in [4.78, 5) is 22.6. The molecule has 0 aromatic heterocycles. The molecule has 4 nitrogen and oxygen atoms in total. The lowest BCUT2D eigenvalue weighted by Crippen LogP contribution is -2.41. The Bertz CT molecular complexity index is 266. The zero-order chi connectivity index (χ0) is 13.6. The minimum Gasteiger partial charge on any atom is -0.480 e. The maximum atomic E-state index is 11.6. The van der Waals surface area contributed by atoms with Gasteiger partial charge in [0.25, 0.3) is 0 Å². The number of amides is 1. The van der Waals surface area contributed by atoms with Crippen LogP contribution in [0.3, 0.4) is 0 Å². The topological polar surface area (TPSA) is 66.4 Å². The van der Waals surface area contributed by atoms with Crippen LogP contribution in [-0.4, -0.2) is 23.0 Å². The second-order valence-corrected chi connectivity index (χ2v) is 6.15. The van der Waals surface area contributed by atoms with Gasteiger partial charge in [-0.25, -0.2) is 4.79 Å². The number of carbonyl (C=O) groups excluding carboxylic acids is 1. The third-order valence-electron chi connectivity index (χ3n) is 2.44. The van der Waals surface area contributed by atoms with E-state index in [1.807, 2.05) is 13.8 Å². The van der Waals surface area contributed by atoms with E-state index in [1.165, 1.54) is 0 Å². The van der Waals surface area contributed by atoms with Crippen molar-refractivity contribution < 1.29 is 14.7 Å². The lowest BCUT2D eigenvalue weighted by molar-refractivity contribution is -0.142. The van der Waals surface area contributed by atoms with Crippen LogP contribution in [0.15, 0.2) is 0 Å². The van der Waals surface area contributed by atoms with Crippen molar-refractivity contribution in [2.75, 3.05) is 0 Å². The average Bonchev–Trinajstić information content (AvgIpc) is 2.11. The van der Waals surface area contributed by atoms with Gasteiger partial charge in [0.2, 0.25) is 5.91 Å². The molecule has 0 radical (unpaired) electrons. The van der Waals surface area contributed by atoms with Crippen molar-refractivity contribution in [3.63, 3.8) is 0 Å². The standard InChI is InChI=1S/C13H25NO3/c1-9(2)8-10(12(16)17)14-11(15)6-7-13(3,4)5/h9-10H,6-8H2,1-5H3,(H,14,15)(H,16,17)/t10-/m1/s1. The normalized spacial score (nSPS) is 13.5. The number of rotatable bonds is 6. The van der Waals surface area contributed by atoms with E-state index in [9.17, 15) is 9.59 Å². The molecule has 0 aliphatic rings. The van der Waals surface area contributed by atoms with Crippen LogP contribution < -0.4 is 5.32 Å². The first-order valence-corrected chi connectivity index (χ1v) is 6.14. The Morgan fingerprint density at radius 2 is 1.76 bits per heavy atom. The summed E-state index contributed by atoms with van der Waals surface area (Å²) in [7, 11) is 0. The molecule has 0 aliphatic heterocycles. The monoisotopic (exact) mass is 243 g/mol. The number of carboxylic acid groups (broad SMARTS) is 1. The summed E-state index contributed by atoms with van der Waals surface area (Å²) in [6.07, 6.45) is 1.61. The van der Waals surface area contributed by atoms with Crippen molar-refractivity contribution in [3.8, 4) is 0 Å². The van der Waals surface area contributed by atoms with Crippen LogP contribution in [-0.2, 0) is 9.59 Å². The highest BCUT2D eigenvalue weighted by atomic mass is 16.4. The highest BCUT2D eigenvalue weighted by Gasteiger charge is 2.21. The third-order valence-corrected chi connectivity index (χ3v) is 2.44. The second kappa shape index (κ2) is 6.62. The maximum Gasteiger partial charge on any atom is 0.326 e. The third kappa shape index (κ3) is 8.72. The number of aliphatic carboxylic acids is 1. The minimum absolute atomic E-state index is 0.0914. The summed E-state index contributed by atoms with van der Waals surface area (Å²) in [6, 6.07) is -0.762. The average molecular weight is 243 g/mol. The number of hydrogen-bond donors (Lipinski definition) is 2. The molecule has 0 fully saturated rings. The molecule has 4 heteroatoms. The number of carboxylic acids is 1. The van der Waals surface area contributed by atoms with Gasteiger partial charge in [-0.05, 0) is 24.2 Å². The summed E-state index contributed by atoms with van der Waals surface area (Å²) in [5.41, 5.74) is 0.0914. The molecule has 0 bridgehead atoms. The van der Waals surface area contributed by atoms with Gasteiger partial charge in [0.05, 0.1) is 0 Å². The van der Waals surface area contributed by atoms with Crippen molar-refractivity contribution in [2.45, 2.75) is 59.9 Å². The zero-order valence-corrected chi connectivity index (χ0v) is 11.5. The van der Waals surface area contributed by atoms with Crippen LogP contribution in [0.25, 0.3) is 0 Å². The summed E-state index contributed by atoms with van der Waals surface area (Å²) < 4.78 is 0. The van der Waals surface area contributed by atoms with Gasteiger partial charge >= 0.3 is 5.97 Å². The number of hydrogen-bond acceptors (Lipinski definition) is 2. The van der Waals surface area contributed by atoms with Gasteiger partial charge in [0.15, 0.2) is 0 Å². The van der Waals surface area contributed by atoms with Gasteiger partial charge in [0.1, 0.15) is 6.04 Å². The molecule has 0 heterocycles. The van der Waals surface area contributed by atoms with Crippen molar-refractivity contribution in [2.24, 2.45) is 11.3 Å². The van der Waals surface area contributed by atoms with Gasteiger partial charge in [-0.1, -0.05) is 34.6 Å². The van der Waals surface area contributed by atoms with E-state index in [0.717, 1.165) is 6.42 Å². The Morgan fingerprint density at radius 3 is 2.12 bits per heavy atom. The van der Waals surface area contributed by atoms with Crippen molar-refractivity contribution in [3.05, 3.63) is 0 Å². The fourth-order valence-electron chi connectivity index (χ4n) is 1.45. The summed E-state index contributed by atoms with van der Waals surface area (Å²) in [5.74, 6) is -0.880. The molecule has 100 valence electrons. The molecule has 0 saturated carbocycles. The first-order valence-electron chi connectivity index (χ1n) is 6.14. The van der Waals surface area contributed by atoms with Crippen LogP contribution in [0.4, 0.5) is 0 Å². The minimum atomic E-state index is -0.956. The molecule has 1 atom stereocenters. The molecule has 0 saturated heterocycles. The van der Waals surface area contributed by atoms with Crippen LogP contribution in [0.1, 0.15) is 53.9 Å². The maximum absolute atomic E-state index is 11.6. The Balaban J connectivity index is 4.18. The molecule has 0 aliphatic carbocycles. The van der Waals surface area contributed by atoms with E-state index in [2.05, 4.69) is 26.1 Å². The highest BCUT2D eigenvalue weighted by Crippen LogP contribution is 2.20. The number of carbonyl (C=O) groups is 2. The van der Waals surface area contributed by atoms with Crippen LogP contribution >= 0.6 is 0 Å². The molecule has 0 spiro atoms. The van der Waals surface area contributed by atoms with Gasteiger partial charge in [-0.3, -0.25) is 4.79 Å². The Kier molecular flexibility index (Phi) is 6.21. The first kappa shape index (κ1) is 15.9. The van der Waals surface area contributed by atoms with Crippen molar-refractivity contribution in [1.29, 1.82) is 0 Å². The zero-order valence-electron chi connectivity index (χ0n) is 11.5. The lowest BCUT2D eigenvalue weighted by Gasteiger charge is -2.20. The van der Waals surface area contributed by atoms with Gasteiger partial charge in [-0.15, -0.1) is 0 Å². The quantitative estimate of drug-likeness (QED) is 0.753. The predicted molar refractivity (Wildman–Crippen MR) is 67.7 cm³/mol. The Hall–Kier alpha value is -1.06. The number of nitrogens with one attached hydrogen (secondary N) is 1. The van der Waals surface area contributed by atoms with Crippen molar-refractivity contribution in [1.82, 2.24) is 5.32 Å². The van der Waals surface area contributed by atoms with E-state index in [0.29, 0.717) is 12.8 Å². The lowest BCUT2D eigenvalue weighted by atomic mass is 9.90. The molecule has 0 unspecified atom stereocenters. The van der Waals surface area contributed by atoms with Gasteiger partial charge in [-0.2, -0.15) is 0 Å². The second-order valence-electron chi connectivity index (χ2n) is 6.15. The van der Waals surface area contributed by atoms with E-state index < -0.39 is 12.0 Å². The van der Waals surface area contributed by atoms with Crippen LogP contribution in [0.5, 0.6) is 0 Å². The fraction of sp³-hybridized carbons (Fsp3) is 0.846. The molecule has 2 N–H and O–H groups in total. The predicted octanol–water partition coefficient (Wildman–Crippen LogP) is 2.43. The van der Waals surface area contributed by atoms with E-state index in [-0.39, 0.29) is 17.2 Å². The smallest absolute Gasteiger partial charge is 0.326 e. The van der Waals surface area contributed by atoms with Gasteiger partial charge < -0.3 is 10.4 Å². The SMILES string of the molecule is CC(C)C[C@@H](NC(=O)CCC(C)(C)C)C(=O)O. The highest BCUT2D eigenvalue weighted by molar-refractivity contribution is 5.83. The van der Waals surface area contributed by atoms with E-state index in [4.69, 9.17) is 5.11 Å². The van der Waals surface area contributed by atoms with Crippen molar-refractivity contribution >= 4 is 11.9 Å².